The van der Waals surface area contributed by atoms with Crippen LogP contribution < -0.4 is 0 Å². The largest absolute Gasteiger partial charge is 0.446 e. The number of ether oxygens (including phenoxy) is 1. The first-order valence-corrected chi connectivity index (χ1v) is 11.2. The minimum atomic E-state index is -0.941. The van der Waals surface area contributed by atoms with Crippen molar-refractivity contribution in [2.45, 2.75) is 44.6 Å². The summed E-state index contributed by atoms with van der Waals surface area (Å²) < 4.78 is 5.83. The van der Waals surface area contributed by atoms with E-state index in [9.17, 15) is 14.4 Å². The van der Waals surface area contributed by atoms with Crippen molar-refractivity contribution >= 4 is 23.1 Å². The molecule has 0 aliphatic heterocycles. The number of hydrogen-bond acceptors (Lipinski definition) is 4. The molecule has 160 valence electrons. The number of benzene rings is 1. The Morgan fingerprint density at radius 3 is 2.53 bits per heavy atom. The second-order valence-corrected chi connectivity index (χ2v) is 8.42. The number of rotatable bonds is 5. The fourth-order valence-electron chi connectivity index (χ4n) is 4.68. The molecule has 0 radical (unpaired) electrons. The summed E-state index contributed by atoms with van der Waals surface area (Å²) in [5.41, 5.74) is 4.91. The molecule has 0 heterocycles. The van der Waals surface area contributed by atoms with Gasteiger partial charge in [-0.25, -0.2) is 4.79 Å². The first-order chi connectivity index (χ1) is 15.6. The van der Waals surface area contributed by atoms with Crippen LogP contribution in [0.15, 0.2) is 83.5 Å². The van der Waals surface area contributed by atoms with Gasteiger partial charge in [0.1, 0.15) is 0 Å². The van der Waals surface area contributed by atoms with E-state index in [0.717, 1.165) is 54.4 Å². The van der Waals surface area contributed by atoms with Gasteiger partial charge in [-0.15, -0.1) is 0 Å². The van der Waals surface area contributed by atoms with Gasteiger partial charge in [0.2, 0.25) is 5.78 Å². The van der Waals surface area contributed by atoms with Gasteiger partial charge in [-0.05, 0) is 73.4 Å². The molecule has 1 aromatic carbocycles. The summed E-state index contributed by atoms with van der Waals surface area (Å²) >= 11 is 0. The molecule has 0 bridgehead atoms. The van der Waals surface area contributed by atoms with Gasteiger partial charge in [0.05, 0.1) is 5.56 Å². The van der Waals surface area contributed by atoms with Crippen molar-refractivity contribution in [1.29, 1.82) is 0 Å². The van der Waals surface area contributed by atoms with E-state index >= 15 is 0 Å². The Kier molecular flexibility index (Phi) is 5.44. The summed E-state index contributed by atoms with van der Waals surface area (Å²) in [5, 5.41) is 0. The van der Waals surface area contributed by atoms with E-state index in [1.807, 2.05) is 48.6 Å². The molecular weight excluding hydrogens is 400 g/mol. The highest BCUT2D eigenvalue weighted by atomic mass is 16.5. The maximum Gasteiger partial charge on any atom is 0.339 e. The Labute approximate surface area is 187 Å². The highest BCUT2D eigenvalue weighted by Gasteiger charge is 2.32. The lowest BCUT2D eigenvalue weighted by molar-refractivity contribution is -0.122. The number of carbonyl (C=O) groups excluding carboxylic acids is 3. The minimum Gasteiger partial charge on any atom is -0.446 e. The van der Waals surface area contributed by atoms with Crippen molar-refractivity contribution in [2.24, 2.45) is 0 Å². The molecular formula is C28H24O4. The zero-order chi connectivity index (χ0) is 22.1. The molecule has 0 saturated carbocycles. The first kappa shape index (κ1) is 20.4. The lowest BCUT2D eigenvalue weighted by Gasteiger charge is -2.22. The molecule has 0 spiro atoms. The smallest absolute Gasteiger partial charge is 0.339 e. The van der Waals surface area contributed by atoms with Crippen LogP contribution in [0.3, 0.4) is 0 Å². The van der Waals surface area contributed by atoms with Gasteiger partial charge in [-0.1, -0.05) is 48.6 Å². The molecule has 4 aliphatic rings. The highest BCUT2D eigenvalue weighted by molar-refractivity contribution is 6.23. The zero-order valence-electron chi connectivity index (χ0n) is 17.8. The second-order valence-electron chi connectivity index (χ2n) is 8.42. The molecule has 4 heteroatoms. The predicted molar refractivity (Wildman–Crippen MR) is 123 cm³/mol. The molecule has 1 unspecified atom stereocenters. The van der Waals surface area contributed by atoms with Gasteiger partial charge in [0, 0.05) is 16.7 Å². The monoisotopic (exact) mass is 424 g/mol. The average molecular weight is 424 g/mol. The minimum absolute atomic E-state index is 0.00842. The topological polar surface area (TPSA) is 60.4 Å². The van der Waals surface area contributed by atoms with E-state index in [2.05, 4.69) is 0 Å². The van der Waals surface area contributed by atoms with Crippen molar-refractivity contribution in [3.05, 3.63) is 100 Å². The zero-order valence-corrected chi connectivity index (χ0v) is 17.8. The molecule has 4 nitrogen and oxygen atoms in total. The Balaban J connectivity index is 1.44. The highest BCUT2D eigenvalue weighted by Crippen LogP contribution is 2.39. The lowest BCUT2D eigenvalue weighted by atomic mass is 9.91. The van der Waals surface area contributed by atoms with Gasteiger partial charge in [0.15, 0.2) is 11.9 Å². The summed E-state index contributed by atoms with van der Waals surface area (Å²) in [6.45, 7) is 0. The Morgan fingerprint density at radius 1 is 0.906 bits per heavy atom. The number of ketones is 2. The van der Waals surface area contributed by atoms with Crippen molar-refractivity contribution in [3.8, 4) is 0 Å². The molecule has 5 rings (SSSR count). The van der Waals surface area contributed by atoms with Crippen molar-refractivity contribution < 1.29 is 19.1 Å². The van der Waals surface area contributed by atoms with E-state index in [4.69, 9.17) is 4.74 Å². The van der Waals surface area contributed by atoms with Crippen LogP contribution in [0.2, 0.25) is 0 Å². The molecule has 0 amide bonds. The number of fused-ring (bicyclic) bond motifs is 2. The second kappa shape index (κ2) is 8.54. The normalized spacial score (nSPS) is 19.8. The third kappa shape index (κ3) is 3.66. The number of esters is 1. The van der Waals surface area contributed by atoms with Crippen LogP contribution in [0.1, 0.15) is 64.8 Å². The van der Waals surface area contributed by atoms with E-state index < -0.39 is 12.1 Å². The third-order valence-electron chi connectivity index (χ3n) is 6.37. The fourth-order valence-corrected chi connectivity index (χ4v) is 4.68. The first-order valence-electron chi connectivity index (χ1n) is 11.2. The number of hydrogen-bond donors (Lipinski definition) is 0. The van der Waals surface area contributed by atoms with Crippen molar-refractivity contribution in [2.75, 3.05) is 0 Å². The Hall–Kier alpha value is -3.53. The summed E-state index contributed by atoms with van der Waals surface area (Å²) in [7, 11) is 0. The van der Waals surface area contributed by atoms with Crippen LogP contribution >= 0.6 is 0 Å². The van der Waals surface area contributed by atoms with Gasteiger partial charge >= 0.3 is 5.97 Å². The summed E-state index contributed by atoms with van der Waals surface area (Å²) in [6, 6.07) is 5.07. The van der Waals surface area contributed by atoms with E-state index in [1.165, 1.54) is 0 Å². The van der Waals surface area contributed by atoms with Crippen molar-refractivity contribution in [1.82, 2.24) is 0 Å². The summed E-state index contributed by atoms with van der Waals surface area (Å²) in [6.07, 6.45) is 19.3. The van der Waals surface area contributed by atoms with E-state index in [-0.39, 0.29) is 11.6 Å². The maximum absolute atomic E-state index is 13.3. The molecule has 0 aromatic heterocycles. The number of allylic oxidation sites excluding steroid dienone is 10. The van der Waals surface area contributed by atoms with Crippen LogP contribution in [0.5, 0.6) is 0 Å². The third-order valence-corrected chi connectivity index (χ3v) is 6.37. The maximum atomic E-state index is 13.3. The van der Waals surface area contributed by atoms with Crippen LogP contribution in [0, 0.1) is 0 Å². The Bertz CT molecular complexity index is 1200. The molecule has 1 atom stereocenters. The lowest BCUT2D eigenvalue weighted by Crippen LogP contribution is -2.31. The van der Waals surface area contributed by atoms with Gasteiger partial charge in [0.25, 0.3) is 0 Å². The molecule has 0 saturated heterocycles. The quantitative estimate of drug-likeness (QED) is 0.575. The molecule has 0 fully saturated rings. The molecule has 4 aliphatic carbocycles. The van der Waals surface area contributed by atoms with Crippen LogP contribution in [0.4, 0.5) is 0 Å². The van der Waals surface area contributed by atoms with Gasteiger partial charge < -0.3 is 4.74 Å². The molecule has 32 heavy (non-hydrogen) atoms. The van der Waals surface area contributed by atoms with Crippen LogP contribution in [-0.2, 0) is 9.53 Å². The SMILES string of the molecule is O=C(OC(C(=O)C1=CCCC=C1)C1=CC=CCC1)c1ccc2c(c1)C1=C(C=CCC1)C2=O. The van der Waals surface area contributed by atoms with Gasteiger partial charge in [-0.2, -0.15) is 0 Å². The Morgan fingerprint density at radius 2 is 1.75 bits per heavy atom. The predicted octanol–water partition coefficient (Wildman–Crippen LogP) is 5.63. The van der Waals surface area contributed by atoms with Crippen LogP contribution in [-0.4, -0.2) is 23.6 Å². The standard InChI is InChI=1S/C28H24O4/c29-25(18-9-3-1-4-10-18)27(19-11-5-2-6-12-19)32-28(31)20-15-16-23-24(17-20)21-13-7-8-14-22(21)26(23)30/h2-3,5,8-11,14-17,27H,1,4,6-7,12-13H2. The van der Waals surface area contributed by atoms with E-state index in [0.29, 0.717) is 23.1 Å². The van der Waals surface area contributed by atoms with Crippen molar-refractivity contribution in [3.63, 3.8) is 0 Å². The van der Waals surface area contributed by atoms with Crippen LogP contribution in [0.25, 0.3) is 5.57 Å². The van der Waals surface area contributed by atoms with Gasteiger partial charge in [-0.3, -0.25) is 9.59 Å². The average Bonchev–Trinajstić information content (AvgIpc) is 3.14. The summed E-state index contributed by atoms with van der Waals surface area (Å²) in [5.74, 6) is -0.724. The summed E-state index contributed by atoms with van der Waals surface area (Å²) in [4.78, 5) is 39.1. The number of Topliss-reactive ketones (excluding diaryl/α,β-unsaturated/α-hetero) is 2. The molecule has 1 aromatic rings. The van der Waals surface area contributed by atoms with E-state index in [1.54, 1.807) is 18.2 Å². The number of carbonyl (C=O) groups is 3. The molecule has 0 N–H and O–H groups in total. The fraction of sp³-hybridized carbons (Fsp3) is 0.250.